The fourth-order valence-electron chi connectivity index (χ4n) is 4.37. The molecule has 0 fully saturated rings. The van der Waals surface area contributed by atoms with Crippen LogP contribution in [-0.2, 0) is 16.0 Å². The lowest BCUT2D eigenvalue weighted by Crippen LogP contribution is -2.53. The molecule has 1 aliphatic rings. The first-order chi connectivity index (χ1) is 18.1. The van der Waals surface area contributed by atoms with Gasteiger partial charge in [0.15, 0.2) is 5.78 Å². The van der Waals surface area contributed by atoms with Crippen molar-refractivity contribution >= 4 is 40.2 Å². The normalized spacial score (nSPS) is 19.8. The number of hydrogen-bond donors (Lipinski definition) is 7. The molecule has 11 nitrogen and oxygen atoms in total. The molecular weight excluding hydrogens is 490 g/mol. The monoisotopic (exact) mass is 519 g/mol. The Balaban J connectivity index is 1.44. The molecule has 2 aromatic carbocycles. The van der Waals surface area contributed by atoms with E-state index in [1.807, 2.05) is 24.3 Å². The highest BCUT2D eigenvalue weighted by molar-refractivity contribution is 5.98. The summed E-state index contributed by atoms with van der Waals surface area (Å²) in [6, 6.07) is 10.9. The number of rotatable bonds is 8. The van der Waals surface area contributed by atoms with E-state index < -0.39 is 42.1 Å². The summed E-state index contributed by atoms with van der Waals surface area (Å²) in [4.78, 5) is 52.2. The molecule has 3 aromatic rings. The zero-order valence-electron chi connectivity index (χ0n) is 20.6. The molecule has 0 radical (unpaired) electrons. The Labute approximate surface area is 218 Å². The number of nitrogens with two attached hydrogens (primary N) is 1. The molecule has 4 atom stereocenters. The van der Waals surface area contributed by atoms with Gasteiger partial charge >= 0.3 is 6.03 Å². The van der Waals surface area contributed by atoms with Crippen LogP contribution in [0.3, 0.4) is 0 Å². The summed E-state index contributed by atoms with van der Waals surface area (Å²) in [6.45, 7) is 1.43. The maximum Gasteiger partial charge on any atom is 0.319 e. The van der Waals surface area contributed by atoms with Gasteiger partial charge in [0.1, 0.15) is 12.1 Å². The molecule has 4 unspecified atom stereocenters. The molecule has 0 saturated heterocycles. The molecule has 8 N–H and O–H groups in total. The number of aromatic nitrogens is 1. The third-order valence-electron chi connectivity index (χ3n) is 6.46. The van der Waals surface area contributed by atoms with Gasteiger partial charge in [0.25, 0.3) is 0 Å². The standard InChI is InChI=1S/C27H29N5O6/c1-14(33)15-6-8-18(9-7-15)30-27(38)32-21-10-16(12-23(34)24(21)35)26(37)31-22(25(28)36)11-17-13-29-20-5-3-2-4-19(17)20/h2-10,13,21-24,29,34-35H,11-12H2,1H3,(H2,28,36)(H,31,37)(H2,30,32,38). The number of primary amides is 1. The van der Waals surface area contributed by atoms with Crippen molar-refractivity contribution in [2.24, 2.45) is 5.73 Å². The smallest absolute Gasteiger partial charge is 0.319 e. The molecule has 0 spiro atoms. The van der Waals surface area contributed by atoms with Crippen molar-refractivity contribution in [1.82, 2.24) is 15.6 Å². The Morgan fingerprint density at radius 2 is 1.79 bits per heavy atom. The number of nitrogens with one attached hydrogen (secondary N) is 4. The van der Waals surface area contributed by atoms with Crippen molar-refractivity contribution in [3.05, 3.63) is 77.5 Å². The van der Waals surface area contributed by atoms with Crippen molar-refractivity contribution in [2.75, 3.05) is 5.32 Å². The Hall–Kier alpha value is -4.48. The summed E-state index contributed by atoms with van der Waals surface area (Å²) in [5.41, 5.74) is 8.21. The number of anilines is 1. The van der Waals surface area contributed by atoms with E-state index in [1.165, 1.54) is 13.0 Å². The van der Waals surface area contributed by atoms with Gasteiger partial charge in [-0.3, -0.25) is 14.4 Å². The second kappa shape index (κ2) is 11.3. The topological polar surface area (TPSA) is 187 Å². The van der Waals surface area contributed by atoms with Gasteiger partial charge in [0.05, 0.1) is 12.1 Å². The molecule has 11 heteroatoms. The van der Waals surface area contributed by atoms with E-state index >= 15 is 0 Å². The number of amides is 4. The van der Waals surface area contributed by atoms with Crippen LogP contribution in [0.2, 0.25) is 0 Å². The highest BCUT2D eigenvalue weighted by Gasteiger charge is 2.34. The van der Waals surface area contributed by atoms with Crippen molar-refractivity contribution < 1.29 is 29.4 Å². The molecule has 4 rings (SSSR count). The van der Waals surface area contributed by atoms with Crippen LogP contribution in [0.1, 0.15) is 29.3 Å². The minimum Gasteiger partial charge on any atom is -0.390 e. The van der Waals surface area contributed by atoms with E-state index in [-0.39, 0.29) is 24.2 Å². The molecular formula is C27H29N5O6. The summed E-state index contributed by atoms with van der Waals surface area (Å²) in [6.07, 6.45) is 0.360. The number of H-pyrrole nitrogens is 1. The minimum absolute atomic E-state index is 0.0871. The Morgan fingerprint density at radius 1 is 1.08 bits per heavy atom. The lowest BCUT2D eigenvalue weighted by Gasteiger charge is -2.31. The lowest BCUT2D eigenvalue weighted by molar-refractivity contribution is -0.125. The third kappa shape index (κ3) is 6.07. The first kappa shape index (κ1) is 26.6. The molecule has 198 valence electrons. The first-order valence-corrected chi connectivity index (χ1v) is 12.0. The molecule has 0 aliphatic heterocycles. The number of aromatic amines is 1. The average molecular weight is 520 g/mol. The zero-order valence-corrected chi connectivity index (χ0v) is 20.6. The van der Waals surface area contributed by atoms with E-state index in [0.717, 1.165) is 16.5 Å². The van der Waals surface area contributed by atoms with E-state index in [9.17, 15) is 29.4 Å². The number of ketones is 1. The number of carbonyl (C=O) groups excluding carboxylic acids is 4. The highest BCUT2D eigenvalue weighted by Crippen LogP contribution is 2.22. The number of hydrogen-bond acceptors (Lipinski definition) is 6. The number of Topliss-reactive ketones (excluding diaryl/α,β-unsaturated/α-hetero) is 1. The number of para-hydroxylation sites is 1. The fraction of sp³-hybridized carbons (Fsp3) is 0.259. The summed E-state index contributed by atoms with van der Waals surface area (Å²) >= 11 is 0. The van der Waals surface area contributed by atoms with Gasteiger partial charge in [0, 0.05) is 46.8 Å². The lowest BCUT2D eigenvalue weighted by atomic mass is 9.89. The zero-order chi connectivity index (χ0) is 27.4. The maximum absolute atomic E-state index is 13.0. The molecule has 0 saturated carbocycles. The van der Waals surface area contributed by atoms with Crippen LogP contribution in [-0.4, -0.2) is 63.1 Å². The Morgan fingerprint density at radius 3 is 2.47 bits per heavy atom. The van der Waals surface area contributed by atoms with Crippen LogP contribution < -0.4 is 21.7 Å². The number of aliphatic hydroxyl groups is 2. The van der Waals surface area contributed by atoms with Gasteiger partial charge in [-0.1, -0.05) is 24.3 Å². The molecule has 38 heavy (non-hydrogen) atoms. The van der Waals surface area contributed by atoms with Crippen molar-refractivity contribution in [2.45, 2.75) is 44.1 Å². The van der Waals surface area contributed by atoms with E-state index in [4.69, 9.17) is 5.73 Å². The van der Waals surface area contributed by atoms with Crippen LogP contribution in [0.4, 0.5) is 10.5 Å². The number of fused-ring (bicyclic) bond motifs is 1. The van der Waals surface area contributed by atoms with Gasteiger partial charge in [-0.25, -0.2) is 4.79 Å². The molecule has 1 heterocycles. The summed E-state index contributed by atoms with van der Waals surface area (Å²) < 4.78 is 0. The van der Waals surface area contributed by atoms with Crippen molar-refractivity contribution in [3.8, 4) is 0 Å². The van der Waals surface area contributed by atoms with Crippen molar-refractivity contribution in [3.63, 3.8) is 0 Å². The second-order valence-electron chi connectivity index (χ2n) is 9.20. The number of benzene rings is 2. The number of aliphatic hydroxyl groups excluding tert-OH is 2. The minimum atomic E-state index is -1.37. The third-order valence-corrected chi connectivity index (χ3v) is 6.46. The van der Waals surface area contributed by atoms with Gasteiger partial charge in [0.2, 0.25) is 11.8 Å². The molecule has 1 aliphatic carbocycles. The molecule has 0 bridgehead atoms. The maximum atomic E-state index is 13.0. The fourth-order valence-corrected chi connectivity index (χ4v) is 4.37. The molecule has 1 aromatic heterocycles. The van der Waals surface area contributed by atoms with E-state index in [1.54, 1.807) is 30.5 Å². The van der Waals surface area contributed by atoms with E-state index in [0.29, 0.717) is 11.3 Å². The van der Waals surface area contributed by atoms with Gasteiger partial charge in [-0.15, -0.1) is 0 Å². The van der Waals surface area contributed by atoms with E-state index in [2.05, 4.69) is 20.9 Å². The SMILES string of the molecule is CC(=O)c1ccc(NC(=O)NC2C=C(C(=O)NC(Cc3c[nH]c4ccccc34)C(N)=O)CC(O)C2O)cc1. The number of urea groups is 1. The summed E-state index contributed by atoms with van der Waals surface area (Å²) in [5.74, 6) is -1.49. The van der Waals surface area contributed by atoms with Crippen LogP contribution in [0.5, 0.6) is 0 Å². The number of carbonyl (C=O) groups is 4. The van der Waals surface area contributed by atoms with Crippen LogP contribution >= 0.6 is 0 Å². The largest absolute Gasteiger partial charge is 0.390 e. The van der Waals surface area contributed by atoms with Crippen molar-refractivity contribution in [1.29, 1.82) is 0 Å². The summed E-state index contributed by atoms with van der Waals surface area (Å²) in [5, 5.41) is 29.4. The molecule has 4 amide bonds. The van der Waals surface area contributed by atoms with Crippen LogP contribution in [0.25, 0.3) is 10.9 Å². The quantitative estimate of drug-likeness (QED) is 0.219. The second-order valence-corrected chi connectivity index (χ2v) is 9.20. The predicted molar refractivity (Wildman–Crippen MR) is 140 cm³/mol. The Bertz CT molecular complexity index is 1400. The Kier molecular flexibility index (Phi) is 7.89. The van der Waals surface area contributed by atoms with Gasteiger partial charge < -0.3 is 36.9 Å². The van der Waals surface area contributed by atoms with Gasteiger partial charge in [-0.05, 0) is 42.8 Å². The first-order valence-electron chi connectivity index (χ1n) is 12.0. The van der Waals surface area contributed by atoms with Crippen LogP contribution in [0.15, 0.2) is 66.4 Å². The van der Waals surface area contributed by atoms with Crippen LogP contribution in [0, 0.1) is 0 Å². The van der Waals surface area contributed by atoms with Gasteiger partial charge in [-0.2, -0.15) is 0 Å². The highest BCUT2D eigenvalue weighted by atomic mass is 16.3. The average Bonchev–Trinajstić information content (AvgIpc) is 3.29. The summed E-state index contributed by atoms with van der Waals surface area (Å²) in [7, 11) is 0. The predicted octanol–water partition coefficient (Wildman–Crippen LogP) is 1.13.